The molecule has 0 spiro atoms. The molecule has 0 unspecified atom stereocenters. The smallest absolute Gasteiger partial charge is 0.312 e. The summed E-state index contributed by atoms with van der Waals surface area (Å²) in [6.45, 7) is 15.5. The van der Waals surface area contributed by atoms with E-state index in [1.54, 1.807) is 29.0 Å². The van der Waals surface area contributed by atoms with Crippen molar-refractivity contribution in [3.63, 3.8) is 0 Å². The number of amides is 2. The maximum absolute atomic E-state index is 13.7. The highest BCUT2D eigenvalue weighted by Gasteiger charge is 2.47. The second-order valence-corrected chi connectivity index (χ2v) is 42.6. The lowest BCUT2D eigenvalue weighted by Crippen LogP contribution is -2.33. The molecule has 8 aliphatic rings. The van der Waals surface area contributed by atoms with Gasteiger partial charge in [0.1, 0.15) is 54.6 Å². The zero-order chi connectivity index (χ0) is 98.0. The molecule has 0 radical (unpaired) electrons. The van der Waals surface area contributed by atoms with Crippen molar-refractivity contribution in [2.75, 3.05) is 14.1 Å². The molecular formula is C120H154Br2N2O14. The summed E-state index contributed by atoms with van der Waals surface area (Å²) < 4.78 is 29.9. The first-order valence-corrected chi connectivity index (χ1v) is 54.3. The number of ether oxygens (including phenoxy) is 5. The number of carbonyl (C=O) groups excluding carboxylic acids is 7. The number of aromatic hydroxyl groups is 2. The molecule has 0 aromatic heterocycles. The van der Waals surface area contributed by atoms with E-state index in [1.807, 2.05) is 108 Å². The standard InChI is InChI=1S/C39H47NO4.C31H41NO5.C22H32O2.C20H27BrO2.C8H7BrO/c1-28(2)34-25-35(29(3)23-36(34)43-27-31-13-6-5-7-14-31)37(41)40(4)26-32-16-12-15-30(24-32)19-22-39(20-10-11-21-39)38(42)44-33-17-8-9-18-33;1-21(2)25-18-26(28(34)19-27(25)33)29(35)32(3)20-23-10-8-9-22(17-23)13-16-31(14-6-7-15-31)30(36)37-24-11-4-5-12-24;1-2-8-18-9-7-10-19(17-18)13-16-22(14-5-6-15-22)21(23)24-20-11-3-4-12-20;21-15-17-7-5-6-16(14-17)10-13-20(11-3-4-12-20)19(22)23-18-8-1-2-9-18;9-5-7-2-1-3-8(4-7)6-10/h5-7,12-16,23-25,33H,1,8-11,17-22,26-27H2,2-4H3;8-10,17-19,21,24,33-34H,4-7,11-16,20H2,1-3H3;7,9-10,17,20H,2-6,8,11-16H2,1H3;5-7,14,18H,1-4,8-13,15H2;1-4,6H,5H2. The Balaban J connectivity index is 0.000000164. The van der Waals surface area contributed by atoms with E-state index in [1.165, 1.54) is 91.7 Å². The molecule has 8 saturated carbocycles. The van der Waals surface area contributed by atoms with Gasteiger partial charge in [0, 0.05) is 60.6 Å². The van der Waals surface area contributed by atoms with Gasteiger partial charge in [-0.25, -0.2) is 0 Å². The Morgan fingerprint density at radius 3 is 1.08 bits per heavy atom. The van der Waals surface area contributed by atoms with Crippen molar-refractivity contribution in [3.8, 4) is 17.2 Å². The average molecular weight is 2010 g/mol. The van der Waals surface area contributed by atoms with Crippen LogP contribution in [0.15, 0.2) is 183 Å². The van der Waals surface area contributed by atoms with Crippen molar-refractivity contribution in [3.05, 3.63) is 272 Å². The number of esters is 4. The summed E-state index contributed by atoms with van der Waals surface area (Å²) in [7, 11) is 3.56. The Labute approximate surface area is 840 Å². The largest absolute Gasteiger partial charge is 0.508 e. The lowest BCUT2D eigenvalue weighted by atomic mass is 9.80. The second kappa shape index (κ2) is 53.3. The molecule has 8 fully saturated rings. The fourth-order valence-corrected chi connectivity index (χ4v) is 22.8. The number of hydrogen-bond acceptors (Lipinski definition) is 14. The van der Waals surface area contributed by atoms with Crippen LogP contribution in [-0.4, -0.2) is 101 Å². The highest BCUT2D eigenvalue weighted by atomic mass is 79.9. The first-order valence-electron chi connectivity index (χ1n) is 52.1. The number of aldehydes is 1. The number of carbonyl (C=O) groups is 7. The number of aryl methyl sites for hydroxylation is 6. The van der Waals surface area contributed by atoms with Crippen LogP contribution in [0.25, 0.3) is 5.57 Å². The van der Waals surface area contributed by atoms with E-state index in [4.69, 9.17) is 23.7 Å². The summed E-state index contributed by atoms with van der Waals surface area (Å²) in [6, 6.07) is 58.5. The highest BCUT2D eigenvalue weighted by Crippen LogP contribution is 2.49. The van der Waals surface area contributed by atoms with E-state index < -0.39 is 0 Å². The van der Waals surface area contributed by atoms with Gasteiger partial charge < -0.3 is 43.7 Å². The van der Waals surface area contributed by atoms with Gasteiger partial charge in [-0.2, -0.15) is 0 Å². The number of rotatable bonds is 36. The van der Waals surface area contributed by atoms with Crippen LogP contribution >= 0.6 is 31.9 Å². The molecule has 0 atom stereocenters. The zero-order valence-corrected chi connectivity index (χ0v) is 86.8. The monoisotopic (exact) mass is 2000 g/mol. The van der Waals surface area contributed by atoms with Crippen LogP contribution in [0.3, 0.4) is 0 Å². The maximum Gasteiger partial charge on any atom is 0.312 e. The van der Waals surface area contributed by atoms with Crippen molar-refractivity contribution in [1.29, 1.82) is 0 Å². The van der Waals surface area contributed by atoms with Gasteiger partial charge in [-0.3, -0.25) is 33.6 Å². The van der Waals surface area contributed by atoms with Crippen molar-refractivity contribution in [2.24, 2.45) is 21.7 Å². The molecule has 8 aliphatic carbocycles. The van der Waals surface area contributed by atoms with Gasteiger partial charge in [-0.1, -0.05) is 263 Å². The van der Waals surface area contributed by atoms with Gasteiger partial charge in [-0.15, -0.1) is 0 Å². The average Bonchev–Trinajstić information content (AvgIpc) is 1.80. The van der Waals surface area contributed by atoms with Crippen LogP contribution < -0.4 is 4.74 Å². The SMILES string of the molecule is C=C(C)c1cc(C(=O)N(C)Cc2cccc(CCC3(C(=O)OC4CCCC4)CCCC3)c2)c(C)cc1OCc1ccccc1.CC(C)c1cc(C(=O)N(C)Cc2cccc(CCC3(C(=O)OC4CCCC4)CCCC3)c2)c(O)cc1O.CCCc1cccc(CCC2(C(=O)OC3CCCC3)CCCC2)c1.O=C(OC1CCCC1)C1(CCc2cccc(CBr)c2)CCCC1.O=Cc1cccc(CBr)c1. The van der Waals surface area contributed by atoms with Gasteiger partial charge in [0.25, 0.3) is 11.8 Å². The zero-order valence-electron chi connectivity index (χ0n) is 83.6. The fourth-order valence-electron chi connectivity index (χ4n) is 22.1. The van der Waals surface area contributed by atoms with E-state index in [0.717, 1.165) is 285 Å². The summed E-state index contributed by atoms with van der Waals surface area (Å²) in [5, 5.41) is 22.1. The van der Waals surface area contributed by atoms with Crippen LogP contribution in [-0.2, 0) is 101 Å². The maximum atomic E-state index is 13.7. The molecule has 0 aliphatic heterocycles. The summed E-state index contributed by atoms with van der Waals surface area (Å²) in [4.78, 5) is 92.6. The molecule has 2 N–H and O–H groups in total. The number of hydrogen-bond donors (Lipinski definition) is 2. The summed E-state index contributed by atoms with van der Waals surface area (Å²) in [5.41, 5.74) is 15.7. The molecule has 8 aromatic rings. The quantitative estimate of drug-likeness (QED) is 0.0162. The third-order valence-corrected chi connectivity index (χ3v) is 31.8. The Morgan fingerprint density at radius 2 is 0.725 bits per heavy atom. The molecule has 16 rings (SSSR count). The number of phenolic OH excluding ortho intramolecular Hbond substituents is 2. The summed E-state index contributed by atoms with van der Waals surface area (Å²) >= 11 is 6.82. The van der Waals surface area contributed by atoms with Crippen molar-refractivity contribution >= 4 is 79.4 Å². The van der Waals surface area contributed by atoms with Crippen LogP contribution in [0, 0.1) is 28.6 Å². The summed E-state index contributed by atoms with van der Waals surface area (Å²) in [6.07, 6.45) is 45.4. The lowest BCUT2D eigenvalue weighted by Gasteiger charge is -2.28. The Hall–Kier alpha value is -9.65. The molecule has 18 heteroatoms. The van der Waals surface area contributed by atoms with Crippen molar-refractivity contribution in [2.45, 2.75) is 365 Å². The molecule has 742 valence electrons. The summed E-state index contributed by atoms with van der Waals surface area (Å²) in [5.74, 6) is 0.428. The Kier molecular flexibility index (Phi) is 41.4. The van der Waals surface area contributed by atoms with E-state index >= 15 is 0 Å². The number of nitrogens with zero attached hydrogens (tertiary/aromatic N) is 2. The highest BCUT2D eigenvalue weighted by molar-refractivity contribution is 9.08. The third kappa shape index (κ3) is 30.7. The number of alkyl halides is 2. The topological polar surface area (TPSA) is 213 Å². The molecule has 8 aromatic carbocycles. The number of phenols is 2. The lowest BCUT2D eigenvalue weighted by molar-refractivity contribution is -0.162. The van der Waals surface area contributed by atoms with Crippen molar-refractivity contribution in [1.82, 2.24) is 9.80 Å². The van der Waals surface area contributed by atoms with E-state index in [0.29, 0.717) is 30.8 Å². The minimum atomic E-state index is -0.365. The molecule has 0 bridgehead atoms. The van der Waals surface area contributed by atoms with Crippen LogP contribution in [0.1, 0.15) is 375 Å². The number of benzene rings is 8. The van der Waals surface area contributed by atoms with Gasteiger partial charge in [0.15, 0.2) is 0 Å². The van der Waals surface area contributed by atoms with Crippen LogP contribution in [0.4, 0.5) is 0 Å². The van der Waals surface area contributed by atoms with Crippen LogP contribution in [0.2, 0.25) is 0 Å². The number of allylic oxidation sites excluding steroid dienone is 1. The molecular weight excluding hydrogens is 1850 g/mol. The minimum Gasteiger partial charge on any atom is -0.508 e. The normalized spacial score (nSPS) is 17.4. The van der Waals surface area contributed by atoms with Gasteiger partial charge in [-0.05, 0) is 328 Å². The first-order chi connectivity index (χ1) is 66.7. The van der Waals surface area contributed by atoms with Gasteiger partial charge in [0.05, 0.1) is 27.2 Å². The van der Waals surface area contributed by atoms with Gasteiger partial charge in [0.2, 0.25) is 0 Å². The Bertz CT molecular complexity index is 5280. The third-order valence-electron chi connectivity index (χ3n) is 30.5. The number of halogens is 2. The molecule has 0 heterocycles. The van der Waals surface area contributed by atoms with E-state index in [-0.39, 0.29) is 105 Å². The van der Waals surface area contributed by atoms with Crippen LogP contribution in [0.5, 0.6) is 17.2 Å². The Morgan fingerprint density at radius 1 is 0.399 bits per heavy atom. The molecule has 138 heavy (non-hydrogen) atoms. The molecule has 2 amide bonds. The second-order valence-electron chi connectivity index (χ2n) is 41.5. The molecule has 16 nitrogen and oxygen atoms in total. The van der Waals surface area contributed by atoms with Crippen molar-refractivity contribution < 1.29 is 67.5 Å². The first kappa shape index (κ1) is 107. The van der Waals surface area contributed by atoms with E-state index in [2.05, 4.69) is 130 Å². The minimum absolute atomic E-state index is 0.00728. The van der Waals surface area contributed by atoms with E-state index in [9.17, 15) is 43.8 Å². The predicted molar refractivity (Wildman–Crippen MR) is 559 cm³/mol. The predicted octanol–water partition coefficient (Wildman–Crippen LogP) is 28.9. The fraction of sp³-hybridized carbons (Fsp3) is 0.525. The molecule has 0 saturated heterocycles. The van der Waals surface area contributed by atoms with Gasteiger partial charge >= 0.3 is 23.9 Å².